The topological polar surface area (TPSA) is 134 Å². The molecule has 0 unspecified atom stereocenters. The van der Waals surface area contributed by atoms with Crippen molar-refractivity contribution in [2.24, 2.45) is 0 Å². The van der Waals surface area contributed by atoms with Crippen molar-refractivity contribution in [1.29, 1.82) is 0 Å². The van der Waals surface area contributed by atoms with Gasteiger partial charge in [-0.15, -0.1) is 0 Å². The molecule has 0 aliphatic carbocycles. The van der Waals surface area contributed by atoms with E-state index in [0.29, 0.717) is 17.2 Å². The highest BCUT2D eigenvalue weighted by molar-refractivity contribution is 5.85. The van der Waals surface area contributed by atoms with Crippen LogP contribution in [0.5, 0.6) is 0 Å². The Balaban J connectivity index is 1.73. The summed E-state index contributed by atoms with van der Waals surface area (Å²) in [6, 6.07) is 12.5. The number of hydroxylamine groups is 1. The van der Waals surface area contributed by atoms with E-state index in [4.69, 9.17) is 14.3 Å². The summed E-state index contributed by atoms with van der Waals surface area (Å²) in [6.45, 7) is 3.14. The first-order valence-electron chi connectivity index (χ1n) is 8.76. The summed E-state index contributed by atoms with van der Waals surface area (Å²) in [4.78, 5) is 12.2. The lowest BCUT2D eigenvalue weighted by molar-refractivity contribution is -0.141. The van der Waals surface area contributed by atoms with Gasteiger partial charge in [-0.3, -0.25) is 15.3 Å². The number of aryl methyl sites for hydroxylation is 1. The normalized spacial score (nSPS) is 13.8. The Bertz CT molecular complexity index is 1030. The van der Waals surface area contributed by atoms with Gasteiger partial charge in [-0.1, -0.05) is 34.4 Å². The third kappa shape index (κ3) is 4.70. The zero-order valence-electron chi connectivity index (χ0n) is 15.8. The Hall–Kier alpha value is -3.45. The lowest BCUT2D eigenvalue weighted by Crippen LogP contribution is -2.57. The highest BCUT2D eigenvalue weighted by atomic mass is 16.5. The molecule has 150 valence electrons. The molecule has 1 aromatic carbocycles. The summed E-state index contributed by atoms with van der Waals surface area (Å²) in [5, 5.41) is 30.2. The van der Waals surface area contributed by atoms with Crippen LogP contribution in [-0.2, 0) is 11.3 Å². The summed E-state index contributed by atoms with van der Waals surface area (Å²) < 4.78 is 10.1. The van der Waals surface area contributed by atoms with Crippen molar-refractivity contribution in [3.05, 3.63) is 70.9 Å². The van der Waals surface area contributed by atoms with E-state index >= 15 is 0 Å². The smallest absolute Gasteiger partial charge is 0.266 e. The van der Waals surface area contributed by atoms with Crippen molar-refractivity contribution in [3.63, 3.8) is 0 Å². The largest absolute Gasteiger partial charge is 0.384 e. The molecule has 4 N–H and O–H groups in total. The maximum absolute atomic E-state index is 12.2. The first kappa shape index (κ1) is 20.3. The molecule has 0 fully saturated rings. The van der Waals surface area contributed by atoms with E-state index in [1.165, 1.54) is 13.0 Å². The van der Waals surface area contributed by atoms with Crippen LogP contribution in [0.15, 0.2) is 51.5 Å². The number of aliphatic hydroxyl groups excluding tert-OH is 1. The molecule has 3 aromatic rings. The first-order chi connectivity index (χ1) is 13.9. The van der Waals surface area contributed by atoms with Gasteiger partial charge in [0, 0.05) is 24.2 Å². The number of aromatic nitrogens is 2. The summed E-state index contributed by atoms with van der Waals surface area (Å²) in [5.41, 5.74) is 1.38. The highest BCUT2D eigenvalue weighted by Crippen LogP contribution is 2.26. The number of nitrogens with zero attached hydrogens (tertiary/aromatic N) is 2. The molecule has 9 nitrogen and oxygen atoms in total. The predicted molar refractivity (Wildman–Crippen MR) is 100 cm³/mol. The van der Waals surface area contributed by atoms with Crippen molar-refractivity contribution in [2.45, 2.75) is 32.0 Å². The van der Waals surface area contributed by atoms with E-state index in [1.807, 2.05) is 30.3 Å². The van der Waals surface area contributed by atoms with Gasteiger partial charge in [0.25, 0.3) is 5.91 Å². The van der Waals surface area contributed by atoms with E-state index in [2.05, 4.69) is 27.5 Å². The summed E-state index contributed by atoms with van der Waals surface area (Å²) in [5.74, 6) is 5.80. The van der Waals surface area contributed by atoms with E-state index in [9.17, 15) is 9.90 Å². The number of hydrogen-bond donors (Lipinski definition) is 4. The maximum Gasteiger partial charge on any atom is 0.266 e. The third-order valence-corrected chi connectivity index (χ3v) is 4.35. The molecule has 0 spiro atoms. The second kappa shape index (κ2) is 8.70. The molecule has 0 radical (unpaired) electrons. The zero-order valence-corrected chi connectivity index (χ0v) is 15.8. The van der Waals surface area contributed by atoms with E-state index < -0.39 is 17.6 Å². The van der Waals surface area contributed by atoms with E-state index in [0.717, 1.165) is 5.56 Å². The van der Waals surface area contributed by atoms with Crippen LogP contribution in [0.25, 0.3) is 0 Å². The minimum absolute atomic E-state index is 0.0638. The van der Waals surface area contributed by atoms with Gasteiger partial charge in [-0.05, 0) is 31.9 Å². The fourth-order valence-corrected chi connectivity index (χ4v) is 2.61. The average molecular weight is 396 g/mol. The van der Waals surface area contributed by atoms with Crippen molar-refractivity contribution in [3.8, 4) is 11.8 Å². The van der Waals surface area contributed by atoms with E-state index in [-0.39, 0.29) is 12.2 Å². The molecule has 3 rings (SSSR count). The van der Waals surface area contributed by atoms with Crippen LogP contribution in [-0.4, -0.2) is 32.1 Å². The van der Waals surface area contributed by atoms with Crippen molar-refractivity contribution < 1.29 is 24.2 Å². The number of benzene rings is 1. The molecule has 2 aromatic heterocycles. The molecular weight excluding hydrogens is 376 g/mol. The summed E-state index contributed by atoms with van der Waals surface area (Å²) >= 11 is 0. The van der Waals surface area contributed by atoms with Gasteiger partial charge in [0.15, 0.2) is 0 Å². The molecule has 0 saturated carbocycles. The molecule has 29 heavy (non-hydrogen) atoms. The highest BCUT2D eigenvalue weighted by Gasteiger charge is 2.43. The SMILES string of the molecule is Cc1cc([C@H](O)[C@](C)(NCc2cc(C#Cc3ccccc3)on2)C(=O)NO)no1. The van der Waals surface area contributed by atoms with E-state index in [1.54, 1.807) is 18.5 Å². The van der Waals surface area contributed by atoms with Gasteiger partial charge in [0.2, 0.25) is 5.76 Å². The summed E-state index contributed by atoms with van der Waals surface area (Å²) in [6.07, 6.45) is -1.39. The molecule has 1 amide bonds. The summed E-state index contributed by atoms with van der Waals surface area (Å²) in [7, 11) is 0. The lowest BCUT2D eigenvalue weighted by Gasteiger charge is -2.31. The van der Waals surface area contributed by atoms with Crippen LogP contribution < -0.4 is 10.8 Å². The second-order valence-corrected chi connectivity index (χ2v) is 6.56. The number of amides is 1. The molecule has 0 aliphatic rings. The van der Waals surface area contributed by atoms with Crippen LogP contribution in [0.4, 0.5) is 0 Å². The Morgan fingerprint density at radius 1 is 1.21 bits per heavy atom. The number of carbonyl (C=O) groups is 1. The number of carbonyl (C=O) groups excluding carboxylic acids is 1. The standard InChI is InChI=1S/C20H20N4O5/c1-13-10-17(24-28-13)18(25)20(2,19(26)22-27)21-12-15-11-16(29-23-15)9-8-14-6-4-3-5-7-14/h3-7,10-11,18,21,25,27H,12H2,1-2H3,(H,22,26)/t18-,20-/m0/s1. The van der Waals surface area contributed by atoms with Gasteiger partial charge in [0.1, 0.15) is 23.1 Å². The molecule has 9 heteroatoms. The van der Waals surface area contributed by atoms with Crippen LogP contribution in [0.2, 0.25) is 0 Å². The van der Waals surface area contributed by atoms with Gasteiger partial charge in [0.05, 0.1) is 5.69 Å². The molecule has 0 aliphatic heterocycles. The zero-order chi connectivity index (χ0) is 20.9. The van der Waals surface area contributed by atoms with Crippen molar-refractivity contribution in [2.75, 3.05) is 0 Å². The van der Waals surface area contributed by atoms with Gasteiger partial charge >= 0.3 is 0 Å². The minimum atomic E-state index is -1.62. The van der Waals surface area contributed by atoms with Crippen LogP contribution in [0.1, 0.15) is 41.5 Å². The Morgan fingerprint density at radius 3 is 2.62 bits per heavy atom. The van der Waals surface area contributed by atoms with Gasteiger partial charge in [-0.25, -0.2) is 5.48 Å². The number of rotatable bonds is 6. The van der Waals surface area contributed by atoms with Gasteiger partial charge < -0.3 is 14.2 Å². The Kier molecular flexibility index (Phi) is 6.09. The fourth-order valence-electron chi connectivity index (χ4n) is 2.61. The minimum Gasteiger partial charge on any atom is -0.384 e. The first-order valence-corrected chi connectivity index (χ1v) is 8.76. The number of nitrogens with one attached hydrogen (secondary N) is 2. The number of aliphatic hydroxyl groups is 1. The van der Waals surface area contributed by atoms with Gasteiger partial charge in [-0.2, -0.15) is 0 Å². The fraction of sp³-hybridized carbons (Fsp3) is 0.250. The second-order valence-electron chi connectivity index (χ2n) is 6.56. The average Bonchev–Trinajstić information content (AvgIpc) is 3.39. The molecule has 2 heterocycles. The maximum atomic E-state index is 12.2. The quantitative estimate of drug-likeness (QED) is 0.280. The molecule has 0 bridgehead atoms. The Morgan fingerprint density at radius 2 is 1.97 bits per heavy atom. The monoisotopic (exact) mass is 396 g/mol. The molecule has 2 atom stereocenters. The van der Waals surface area contributed by atoms with Crippen LogP contribution in [0.3, 0.4) is 0 Å². The predicted octanol–water partition coefficient (Wildman–Crippen LogP) is 1.46. The number of hydrogen-bond acceptors (Lipinski definition) is 8. The third-order valence-electron chi connectivity index (χ3n) is 4.35. The Labute approximate surface area is 166 Å². The molecule has 0 saturated heterocycles. The van der Waals surface area contributed by atoms with Crippen LogP contribution in [0, 0.1) is 18.8 Å². The molecular formula is C20H20N4O5. The van der Waals surface area contributed by atoms with Crippen molar-refractivity contribution in [1.82, 2.24) is 21.1 Å². The lowest BCUT2D eigenvalue weighted by atomic mass is 9.91. The van der Waals surface area contributed by atoms with Crippen molar-refractivity contribution >= 4 is 5.91 Å². The van der Waals surface area contributed by atoms with Crippen LogP contribution >= 0.6 is 0 Å².